The van der Waals surface area contributed by atoms with Gasteiger partial charge in [0.05, 0.1) is 11.0 Å². The van der Waals surface area contributed by atoms with Crippen LogP contribution in [0.3, 0.4) is 0 Å². The van der Waals surface area contributed by atoms with Gasteiger partial charge in [-0.05, 0) is 43.2 Å². The van der Waals surface area contributed by atoms with Crippen LogP contribution in [-0.4, -0.2) is 41.3 Å². The minimum Gasteiger partial charge on any atom is -0.490 e. The van der Waals surface area contributed by atoms with Crippen molar-refractivity contribution in [2.45, 2.75) is 25.5 Å². The normalized spacial score (nSPS) is 16.1. The summed E-state index contributed by atoms with van der Waals surface area (Å²) in [7, 11) is 0. The molecule has 0 saturated carbocycles. The molecule has 1 aliphatic rings. The number of oxime groups is 1. The number of ether oxygens (including phenoxy) is 2. The Labute approximate surface area is 183 Å². The van der Waals surface area contributed by atoms with E-state index in [2.05, 4.69) is 10.5 Å². The number of rotatable bonds is 9. The molecule has 1 saturated heterocycles. The van der Waals surface area contributed by atoms with E-state index in [-0.39, 0.29) is 29.0 Å². The molecule has 1 heterocycles. The number of esters is 1. The molecular weight excluding hydrogens is 420 g/mol. The second-order valence-corrected chi connectivity index (χ2v) is 7.89. The number of benzene rings is 2. The first-order valence-electron chi connectivity index (χ1n) is 9.59. The van der Waals surface area contributed by atoms with Crippen molar-refractivity contribution in [3.63, 3.8) is 0 Å². The maximum atomic E-state index is 11.6. The van der Waals surface area contributed by atoms with Gasteiger partial charge in [0, 0.05) is 12.5 Å². The molecule has 2 aromatic rings. The molecule has 31 heavy (non-hydrogen) atoms. The highest BCUT2D eigenvalue weighted by atomic mass is 32.2. The van der Waals surface area contributed by atoms with Crippen molar-refractivity contribution in [3.05, 3.63) is 59.7 Å². The van der Waals surface area contributed by atoms with E-state index in [1.54, 1.807) is 25.1 Å². The van der Waals surface area contributed by atoms with Crippen LogP contribution < -0.4 is 14.8 Å². The summed E-state index contributed by atoms with van der Waals surface area (Å²) in [4.78, 5) is 39.2. The van der Waals surface area contributed by atoms with E-state index in [4.69, 9.17) is 14.3 Å². The lowest BCUT2D eigenvalue weighted by atomic mass is 10.1. The zero-order valence-electron chi connectivity index (χ0n) is 17.1. The number of nitrogens with one attached hydrogen (secondary N) is 1. The van der Waals surface area contributed by atoms with E-state index >= 15 is 0 Å². The molecule has 1 aliphatic heterocycles. The zero-order chi connectivity index (χ0) is 22.2. The molecule has 2 aromatic carbocycles. The third-order valence-corrected chi connectivity index (χ3v) is 5.25. The summed E-state index contributed by atoms with van der Waals surface area (Å²) >= 11 is 1.01. The molecule has 1 unspecified atom stereocenters. The second kappa shape index (κ2) is 10.6. The van der Waals surface area contributed by atoms with Crippen LogP contribution in [0.5, 0.6) is 11.5 Å². The van der Waals surface area contributed by atoms with Crippen molar-refractivity contribution in [2.75, 3.05) is 13.2 Å². The first-order chi connectivity index (χ1) is 14.9. The lowest BCUT2D eigenvalue weighted by Crippen LogP contribution is -2.25. The number of hydrogen-bond acceptors (Lipinski definition) is 8. The van der Waals surface area contributed by atoms with Gasteiger partial charge in [-0.3, -0.25) is 19.7 Å². The van der Waals surface area contributed by atoms with Crippen molar-refractivity contribution >= 4 is 34.6 Å². The van der Waals surface area contributed by atoms with Crippen LogP contribution in [0.4, 0.5) is 4.79 Å². The summed E-state index contributed by atoms with van der Waals surface area (Å²) in [6.45, 7) is 3.70. The van der Waals surface area contributed by atoms with Crippen LogP contribution in [0.25, 0.3) is 0 Å². The Morgan fingerprint density at radius 1 is 1.06 bits per heavy atom. The summed E-state index contributed by atoms with van der Waals surface area (Å²) in [5, 5.41) is 5.66. The standard InChI is InChI=1S/C22H22N2O6S/c1-14(17-4-3-5-19(13-17)30-15(2)25)24-29-11-10-28-18-8-6-16(7-9-18)12-20-21(26)23-22(27)31-20/h3-9,13,20H,10-12H2,1-2H3,(H,23,26,27)/b24-14-. The van der Waals surface area contributed by atoms with Gasteiger partial charge in [0.1, 0.15) is 18.1 Å². The number of carbonyl (C=O) groups is 3. The quantitative estimate of drug-likeness (QED) is 0.209. The van der Waals surface area contributed by atoms with Crippen LogP contribution in [0.2, 0.25) is 0 Å². The molecule has 3 rings (SSSR count). The minimum atomic E-state index is -0.386. The lowest BCUT2D eigenvalue weighted by Gasteiger charge is -2.09. The summed E-state index contributed by atoms with van der Waals surface area (Å²) < 4.78 is 10.7. The van der Waals surface area contributed by atoms with Crippen LogP contribution in [0.1, 0.15) is 25.0 Å². The second-order valence-electron chi connectivity index (χ2n) is 6.71. The fourth-order valence-electron chi connectivity index (χ4n) is 2.81. The first kappa shape index (κ1) is 22.4. The van der Waals surface area contributed by atoms with Gasteiger partial charge in [0.15, 0.2) is 6.61 Å². The van der Waals surface area contributed by atoms with E-state index in [0.717, 1.165) is 22.9 Å². The lowest BCUT2D eigenvalue weighted by molar-refractivity contribution is -0.131. The number of amides is 2. The van der Waals surface area contributed by atoms with Gasteiger partial charge in [0.25, 0.3) is 5.24 Å². The number of imide groups is 1. The minimum absolute atomic E-state index is 0.249. The molecule has 1 fully saturated rings. The molecular formula is C22H22N2O6S. The van der Waals surface area contributed by atoms with Crippen molar-refractivity contribution in [1.82, 2.24) is 5.32 Å². The van der Waals surface area contributed by atoms with Crippen molar-refractivity contribution in [3.8, 4) is 11.5 Å². The maximum absolute atomic E-state index is 11.6. The highest BCUT2D eigenvalue weighted by molar-refractivity contribution is 8.15. The molecule has 0 aromatic heterocycles. The van der Waals surface area contributed by atoms with E-state index in [1.165, 1.54) is 6.92 Å². The van der Waals surface area contributed by atoms with Crippen LogP contribution in [-0.2, 0) is 20.8 Å². The molecule has 0 spiro atoms. The first-order valence-corrected chi connectivity index (χ1v) is 10.5. The maximum Gasteiger partial charge on any atom is 0.308 e. The molecule has 2 amide bonds. The van der Waals surface area contributed by atoms with Gasteiger partial charge in [-0.15, -0.1) is 0 Å². The Morgan fingerprint density at radius 3 is 2.52 bits per heavy atom. The Morgan fingerprint density at radius 2 is 1.84 bits per heavy atom. The summed E-state index contributed by atoms with van der Waals surface area (Å²) in [6, 6.07) is 14.4. The summed E-state index contributed by atoms with van der Waals surface area (Å²) in [5.41, 5.74) is 2.37. The molecule has 0 bridgehead atoms. The highest BCUT2D eigenvalue weighted by Crippen LogP contribution is 2.24. The Bertz CT molecular complexity index is 990. The van der Waals surface area contributed by atoms with E-state index in [0.29, 0.717) is 30.2 Å². The van der Waals surface area contributed by atoms with Crippen LogP contribution in [0, 0.1) is 0 Å². The number of nitrogens with zero attached hydrogens (tertiary/aromatic N) is 1. The third-order valence-electron chi connectivity index (χ3n) is 4.27. The SMILES string of the molecule is CC(=O)Oc1cccc(/C(C)=N\OCCOc2ccc(CC3SC(=O)NC3=O)cc2)c1. The number of thioether (sulfide) groups is 1. The van der Waals surface area contributed by atoms with Crippen molar-refractivity contribution < 1.29 is 28.7 Å². The van der Waals surface area contributed by atoms with Gasteiger partial charge in [0.2, 0.25) is 5.91 Å². The van der Waals surface area contributed by atoms with E-state index in [9.17, 15) is 14.4 Å². The molecule has 9 heteroatoms. The highest BCUT2D eigenvalue weighted by Gasteiger charge is 2.31. The Kier molecular flexibility index (Phi) is 7.66. The van der Waals surface area contributed by atoms with Crippen molar-refractivity contribution in [1.29, 1.82) is 0 Å². The van der Waals surface area contributed by atoms with E-state index in [1.807, 2.05) is 30.3 Å². The summed E-state index contributed by atoms with van der Waals surface area (Å²) in [5.74, 6) is 0.486. The average molecular weight is 442 g/mol. The Balaban J connectivity index is 1.42. The predicted molar refractivity (Wildman–Crippen MR) is 116 cm³/mol. The fourth-order valence-corrected chi connectivity index (χ4v) is 3.67. The van der Waals surface area contributed by atoms with Crippen LogP contribution in [0.15, 0.2) is 53.7 Å². The van der Waals surface area contributed by atoms with Crippen molar-refractivity contribution in [2.24, 2.45) is 5.16 Å². The van der Waals surface area contributed by atoms with Gasteiger partial charge in [-0.1, -0.05) is 41.2 Å². The molecule has 162 valence electrons. The van der Waals surface area contributed by atoms with Crippen LogP contribution >= 0.6 is 11.8 Å². The summed E-state index contributed by atoms with van der Waals surface area (Å²) in [6.07, 6.45) is 0.484. The largest absolute Gasteiger partial charge is 0.490 e. The van der Waals surface area contributed by atoms with Gasteiger partial charge in [-0.25, -0.2) is 0 Å². The smallest absolute Gasteiger partial charge is 0.308 e. The third kappa shape index (κ3) is 6.85. The fraction of sp³-hybridized carbons (Fsp3) is 0.273. The van der Waals surface area contributed by atoms with E-state index < -0.39 is 0 Å². The predicted octanol–water partition coefficient (Wildman–Crippen LogP) is 3.33. The van der Waals surface area contributed by atoms with Gasteiger partial charge >= 0.3 is 5.97 Å². The zero-order valence-corrected chi connectivity index (χ0v) is 17.9. The Hall–Kier alpha value is -3.33. The molecule has 0 aliphatic carbocycles. The van der Waals surface area contributed by atoms with Gasteiger partial charge < -0.3 is 14.3 Å². The monoisotopic (exact) mass is 442 g/mol. The molecule has 1 atom stereocenters. The molecule has 8 nitrogen and oxygen atoms in total. The average Bonchev–Trinajstić information content (AvgIpc) is 3.05. The topological polar surface area (TPSA) is 103 Å². The molecule has 1 N–H and O–H groups in total. The number of hydrogen-bond donors (Lipinski definition) is 1. The molecule has 0 radical (unpaired) electrons. The number of carbonyl (C=O) groups excluding carboxylic acids is 3. The van der Waals surface area contributed by atoms with Gasteiger partial charge in [-0.2, -0.15) is 0 Å².